The van der Waals surface area contributed by atoms with Gasteiger partial charge in [-0.2, -0.15) is 5.10 Å². The van der Waals surface area contributed by atoms with Gasteiger partial charge in [0.05, 0.1) is 11.4 Å². The molecule has 5 heteroatoms. The lowest BCUT2D eigenvalue weighted by Crippen LogP contribution is -2.21. The average Bonchev–Trinajstić information content (AvgIpc) is 3.03. The molecule has 0 spiro atoms. The Bertz CT molecular complexity index is 541. The van der Waals surface area contributed by atoms with Gasteiger partial charge in [0.2, 0.25) is 5.95 Å². The molecule has 2 aromatic heterocycles. The van der Waals surface area contributed by atoms with E-state index < -0.39 is 0 Å². The van der Waals surface area contributed by atoms with Crippen molar-refractivity contribution in [1.29, 1.82) is 0 Å². The van der Waals surface area contributed by atoms with Gasteiger partial charge in [-0.1, -0.05) is 0 Å². The van der Waals surface area contributed by atoms with Crippen LogP contribution in [0.1, 0.15) is 24.1 Å². The molecule has 5 nitrogen and oxygen atoms in total. The fraction of sp³-hybridized carbons (Fsp3) is 0.462. The molecule has 0 aliphatic carbocycles. The van der Waals surface area contributed by atoms with Crippen LogP contribution in [-0.2, 0) is 0 Å². The summed E-state index contributed by atoms with van der Waals surface area (Å²) in [5.41, 5.74) is 4.07. The van der Waals surface area contributed by atoms with E-state index in [2.05, 4.69) is 27.0 Å². The molecule has 2 aromatic rings. The summed E-state index contributed by atoms with van der Waals surface area (Å²) < 4.78 is 0. The maximum absolute atomic E-state index is 4.70. The van der Waals surface area contributed by atoms with E-state index >= 15 is 0 Å². The fourth-order valence-electron chi connectivity index (χ4n) is 2.32. The van der Waals surface area contributed by atoms with Crippen molar-refractivity contribution < 1.29 is 0 Å². The second-order valence-corrected chi connectivity index (χ2v) is 4.75. The zero-order valence-electron chi connectivity index (χ0n) is 10.8. The van der Waals surface area contributed by atoms with Crippen molar-refractivity contribution in [2.45, 2.75) is 26.7 Å². The number of hydrogen-bond donors (Lipinski definition) is 1. The van der Waals surface area contributed by atoms with Crippen LogP contribution in [0.5, 0.6) is 0 Å². The summed E-state index contributed by atoms with van der Waals surface area (Å²) in [5, 5.41) is 6.98. The molecule has 0 radical (unpaired) electrons. The highest BCUT2D eigenvalue weighted by Gasteiger charge is 2.18. The first-order valence-corrected chi connectivity index (χ1v) is 6.35. The Labute approximate surface area is 106 Å². The van der Waals surface area contributed by atoms with E-state index in [0.29, 0.717) is 0 Å². The first-order valence-electron chi connectivity index (χ1n) is 6.35. The summed E-state index contributed by atoms with van der Waals surface area (Å²) in [5.74, 6) is 0.847. The first kappa shape index (κ1) is 11.2. The van der Waals surface area contributed by atoms with Crippen molar-refractivity contribution in [3.63, 3.8) is 0 Å². The molecule has 0 unspecified atom stereocenters. The topological polar surface area (TPSA) is 57.7 Å². The van der Waals surface area contributed by atoms with Gasteiger partial charge in [0.15, 0.2) is 0 Å². The van der Waals surface area contributed by atoms with Crippen LogP contribution in [0, 0.1) is 13.8 Å². The lowest BCUT2D eigenvalue weighted by molar-refractivity contribution is 0.883. The smallest absolute Gasteiger partial charge is 0.226 e. The second kappa shape index (κ2) is 4.40. The Morgan fingerprint density at radius 2 is 1.94 bits per heavy atom. The number of aromatic nitrogens is 4. The largest absolute Gasteiger partial charge is 0.341 e. The molecule has 0 saturated carbocycles. The molecule has 1 N–H and O–H groups in total. The van der Waals surface area contributed by atoms with Gasteiger partial charge in [0, 0.05) is 25.0 Å². The van der Waals surface area contributed by atoms with Crippen molar-refractivity contribution in [2.75, 3.05) is 18.0 Å². The summed E-state index contributed by atoms with van der Waals surface area (Å²) in [7, 11) is 0. The molecule has 1 fully saturated rings. The SMILES string of the molecule is Cc1nc(N2CCCC2)nc(-c2ccn[nH]2)c1C. The molecule has 1 saturated heterocycles. The summed E-state index contributed by atoms with van der Waals surface area (Å²) >= 11 is 0. The minimum atomic E-state index is 0.847. The highest BCUT2D eigenvalue weighted by molar-refractivity contribution is 5.61. The van der Waals surface area contributed by atoms with E-state index in [4.69, 9.17) is 4.98 Å². The van der Waals surface area contributed by atoms with Crippen molar-refractivity contribution >= 4 is 5.95 Å². The lowest BCUT2D eigenvalue weighted by Gasteiger charge is -2.17. The van der Waals surface area contributed by atoms with E-state index in [1.807, 2.05) is 13.0 Å². The summed E-state index contributed by atoms with van der Waals surface area (Å²) in [6, 6.07) is 1.95. The van der Waals surface area contributed by atoms with Crippen LogP contribution in [-0.4, -0.2) is 33.3 Å². The maximum Gasteiger partial charge on any atom is 0.226 e. The third-order valence-corrected chi connectivity index (χ3v) is 3.52. The number of aryl methyl sites for hydroxylation is 1. The van der Waals surface area contributed by atoms with E-state index in [0.717, 1.165) is 41.7 Å². The van der Waals surface area contributed by atoms with E-state index in [9.17, 15) is 0 Å². The Morgan fingerprint density at radius 3 is 2.61 bits per heavy atom. The van der Waals surface area contributed by atoms with Crippen molar-refractivity contribution in [1.82, 2.24) is 20.2 Å². The van der Waals surface area contributed by atoms with E-state index in [1.54, 1.807) is 6.20 Å². The number of H-pyrrole nitrogens is 1. The van der Waals surface area contributed by atoms with Gasteiger partial charge in [-0.15, -0.1) is 0 Å². The molecular formula is C13H17N5. The van der Waals surface area contributed by atoms with Gasteiger partial charge >= 0.3 is 0 Å². The molecule has 94 valence electrons. The third kappa shape index (κ3) is 1.85. The minimum Gasteiger partial charge on any atom is -0.341 e. The first-order chi connectivity index (χ1) is 8.75. The maximum atomic E-state index is 4.70. The predicted molar refractivity (Wildman–Crippen MR) is 70.5 cm³/mol. The van der Waals surface area contributed by atoms with Gasteiger partial charge in [-0.3, -0.25) is 5.10 Å². The quantitative estimate of drug-likeness (QED) is 0.877. The molecule has 0 bridgehead atoms. The van der Waals surface area contributed by atoms with Crippen LogP contribution in [0.15, 0.2) is 12.3 Å². The predicted octanol–water partition coefficient (Wildman–Crippen LogP) is 2.08. The van der Waals surface area contributed by atoms with E-state index in [1.165, 1.54) is 12.8 Å². The summed E-state index contributed by atoms with van der Waals surface area (Å²) in [6.45, 7) is 6.21. The van der Waals surface area contributed by atoms with Gasteiger partial charge < -0.3 is 4.90 Å². The summed E-state index contributed by atoms with van der Waals surface area (Å²) in [6.07, 6.45) is 4.22. The number of hydrogen-bond acceptors (Lipinski definition) is 4. The summed E-state index contributed by atoms with van der Waals surface area (Å²) in [4.78, 5) is 11.6. The highest BCUT2D eigenvalue weighted by atomic mass is 15.3. The number of nitrogens with one attached hydrogen (secondary N) is 1. The molecule has 0 aromatic carbocycles. The van der Waals surface area contributed by atoms with Gasteiger partial charge in [-0.05, 0) is 38.3 Å². The molecule has 3 rings (SSSR count). The Balaban J connectivity index is 2.07. The minimum absolute atomic E-state index is 0.847. The van der Waals surface area contributed by atoms with Crippen LogP contribution in [0.25, 0.3) is 11.4 Å². The average molecular weight is 243 g/mol. The monoisotopic (exact) mass is 243 g/mol. The lowest BCUT2D eigenvalue weighted by atomic mass is 10.1. The molecule has 18 heavy (non-hydrogen) atoms. The van der Waals surface area contributed by atoms with Gasteiger partial charge in [-0.25, -0.2) is 9.97 Å². The normalized spacial score (nSPS) is 15.3. The third-order valence-electron chi connectivity index (χ3n) is 3.52. The van der Waals surface area contributed by atoms with Gasteiger partial charge in [0.25, 0.3) is 0 Å². The second-order valence-electron chi connectivity index (χ2n) is 4.75. The molecular weight excluding hydrogens is 226 g/mol. The number of rotatable bonds is 2. The number of aromatic amines is 1. The Hall–Kier alpha value is -1.91. The van der Waals surface area contributed by atoms with Crippen LogP contribution >= 0.6 is 0 Å². The van der Waals surface area contributed by atoms with Crippen molar-refractivity contribution in [2.24, 2.45) is 0 Å². The molecule has 1 aliphatic heterocycles. The molecule has 0 amide bonds. The number of anilines is 1. The zero-order valence-corrected chi connectivity index (χ0v) is 10.8. The van der Waals surface area contributed by atoms with Crippen LogP contribution in [0.3, 0.4) is 0 Å². The molecule has 1 aliphatic rings. The highest BCUT2D eigenvalue weighted by Crippen LogP contribution is 2.25. The molecule has 3 heterocycles. The Kier molecular flexibility index (Phi) is 2.74. The van der Waals surface area contributed by atoms with Gasteiger partial charge in [0.1, 0.15) is 0 Å². The van der Waals surface area contributed by atoms with Crippen LogP contribution < -0.4 is 4.90 Å². The fourth-order valence-corrected chi connectivity index (χ4v) is 2.32. The Morgan fingerprint density at radius 1 is 1.17 bits per heavy atom. The van der Waals surface area contributed by atoms with Crippen LogP contribution in [0.2, 0.25) is 0 Å². The zero-order chi connectivity index (χ0) is 12.5. The van der Waals surface area contributed by atoms with E-state index in [-0.39, 0.29) is 0 Å². The van der Waals surface area contributed by atoms with Crippen LogP contribution in [0.4, 0.5) is 5.95 Å². The van der Waals surface area contributed by atoms with Crippen molar-refractivity contribution in [3.05, 3.63) is 23.5 Å². The van der Waals surface area contributed by atoms with Crippen molar-refractivity contribution in [3.8, 4) is 11.4 Å². The molecule has 0 atom stereocenters. The standard InChI is InChI=1S/C13H17N5/c1-9-10(2)15-13(18-7-3-4-8-18)16-12(9)11-5-6-14-17-11/h5-6H,3-4,7-8H2,1-2H3,(H,14,17). The number of nitrogens with zero attached hydrogens (tertiary/aromatic N) is 4.